The van der Waals surface area contributed by atoms with E-state index in [1.807, 2.05) is 19.1 Å². The Balaban J connectivity index is 2.00. The maximum Gasteiger partial charge on any atom is 0.159 e. The molecule has 0 aliphatic heterocycles. The van der Waals surface area contributed by atoms with Crippen molar-refractivity contribution in [2.45, 2.75) is 39.3 Å². The van der Waals surface area contributed by atoms with E-state index >= 15 is 0 Å². The fourth-order valence-corrected chi connectivity index (χ4v) is 2.53. The van der Waals surface area contributed by atoms with Gasteiger partial charge in [0, 0.05) is 12.1 Å². The second-order valence-electron chi connectivity index (χ2n) is 5.59. The Labute approximate surface area is 125 Å². The summed E-state index contributed by atoms with van der Waals surface area (Å²) in [6, 6.07) is 12.6. The van der Waals surface area contributed by atoms with Crippen LogP contribution in [0.2, 0.25) is 0 Å². The zero-order valence-electron chi connectivity index (χ0n) is 12.7. The summed E-state index contributed by atoms with van der Waals surface area (Å²) in [4.78, 5) is 0. The Bertz CT molecular complexity index is 610. The zero-order chi connectivity index (χ0) is 15.4. The first-order valence-electron chi connectivity index (χ1n) is 7.23. The fourth-order valence-electron chi connectivity index (χ4n) is 2.53. The lowest BCUT2D eigenvalue weighted by Crippen LogP contribution is -2.31. The second kappa shape index (κ2) is 6.81. The van der Waals surface area contributed by atoms with Gasteiger partial charge in [-0.25, -0.2) is 8.78 Å². The second-order valence-corrected chi connectivity index (χ2v) is 5.59. The number of rotatable bonds is 5. The van der Waals surface area contributed by atoms with Gasteiger partial charge in [-0.05, 0) is 56.0 Å². The molecule has 3 heteroatoms. The van der Waals surface area contributed by atoms with Gasteiger partial charge in [-0.2, -0.15) is 0 Å². The first-order valence-corrected chi connectivity index (χ1v) is 7.23. The zero-order valence-corrected chi connectivity index (χ0v) is 12.7. The van der Waals surface area contributed by atoms with Gasteiger partial charge >= 0.3 is 0 Å². The molecule has 2 rings (SSSR count). The van der Waals surface area contributed by atoms with E-state index in [1.165, 1.54) is 23.3 Å². The lowest BCUT2D eigenvalue weighted by atomic mass is 10.0. The van der Waals surface area contributed by atoms with E-state index in [-0.39, 0.29) is 12.1 Å². The molecule has 0 amide bonds. The number of aryl methyl sites for hydroxylation is 1. The van der Waals surface area contributed by atoms with Crippen molar-refractivity contribution in [3.05, 3.63) is 70.8 Å². The van der Waals surface area contributed by atoms with E-state index in [2.05, 4.69) is 31.3 Å². The molecule has 2 aromatic carbocycles. The van der Waals surface area contributed by atoms with Crippen molar-refractivity contribution < 1.29 is 8.78 Å². The molecule has 2 aromatic rings. The van der Waals surface area contributed by atoms with E-state index in [0.717, 1.165) is 12.0 Å². The highest BCUT2D eigenvalue weighted by molar-refractivity contribution is 5.26. The van der Waals surface area contributed by atoms with Crippen molar-refractivity contribution in [1.82, 2.24) is 5.32 Å². The van der Waals surface area contributed by atoms with Gasteiger partial charge in [0.15, 0.2) is 11.6 Å². The smallest absolute Gasteiger partial charge is 0.159 e. The molecule has 0 aliphatic rings. The van der Waals surface area contributed by atoms with Gasteiger partial charge < -0.3 is 5.32 Å². The summed E-state index contributed by atoms with van der Waals surface area (Å²) >= 11 is 0. The topological polar surface area (TPSA) is 12.0 Å². The minimum atomic E-state index is -0.807. The van der Waals surface area contributed by atoms with Crippen LogP contribution in [-0.4, -0.2) is 6.04 Å². The summed E-state index contributed by atoms with van der Waals surface area (Å²) in [5.41, 5.74) is 3.33. The van der Waals surface area contributed by atoms with Crippen molar-refractivity contribution in [3.8, 4) is 0 Å². The molecule has 112 valence electrons. The van der Waals surface area contributed by atoms with Crippen LogP contribution in [0.1, 0.15) is 36.6 Å². The predicted octanol–water partition coefficient (Wildman–Crippen LogP) is 4.56. The third kappa shape index (κ3) is 4.11. The lowest BCUT2D eigenvalue weighted by molar-refractivity contribution is 0.468. The highest BCUT2D eigenvalue weighted by atomic mass is 19.2. The third-order valence-electron chi connectivity index (χ3n) is 3.77. The van der Waals surface area contributed by atoms with Crippen LogP contribution in [0.4, 0.5) is 8.78 Å². The number of halogens is 2. The molecule has 2 atom stereocenters. The van der Waals surface area contributed by atoms with Crippen LogP contribution in [0.5, 0.6) is 0 Å². The summed E-state index contributed by atoms with van der Waals surface area (Å²) in [5.74, 6) is -1.60. The van der Waals surface area contributed by atoms with E-state index in [4.69, 9.17) is 0 Å². The molecule has 21 heavy (non-hydrogen) atoms. The third-order valence-corrected chi connectivity index (χ3v) is 3.77. The van der Waals surface area contributed by atoms with Crippen LogP contribution >= 0.6 is 0 Å². The predicted molar refractivity (Wildman–Crippen MR) is 82.3 cm³/mol. The minimum Gasteiger partial charge on any atom is -0.307 e. The minimum absolute atomic E-state index is 0.0286. The Morgan fingerprint density at radius 3 is 2.38 bits per heavy atom. The summed E-state index contributed by atoms with van der Waals surface area (Å²) in [7, 11) is 0. The molecule has 1 N–H and O–H groups in total. The van der Waals surface area contributed by atoms with Gasteiger partial charge in [-0.15, -0.1) is 0 Å². The monoisotopic (exact) mass is 289 g/mol. The first kappa shape index (κ1) is 15.6. The summed E-state index contributed by atoms with van der Waals surface area (Å²) in [5, 5.41) is 3.43. The van der Waals surface area contributed by atoms with Gasteiger partial charge in [-0.3, -0.25) is 0 Å². The Morgan fingerprint density at radius 2 is 1.71 bits per heavy atom. The molecule has 0 aliphatic carbocycles. The van der Waals surface area contributed by atoms with Gasteiger partial charge in [0.25, 0.3) is 0 Å². The highest BCUT2D eigenvalue weighted by Gasteiger charge is 2.12. The normalized spacial score (nSPS) is 14.0. The average Bonchev–Trinajstić information content (AvgIpc) is 2.44. The molecule has 0 heterocycles. The molecule has 1 nitrogen and oxygen atoms in total. The van der Waals surface area contributed by atoms with Crippen LogP contribution in [0.3, 0.4) is 0 Å². The van der Waals surface area contributed by atoms with Crippen molar-refractivity contribution in [2.75, 3.05) is 0 Å². The van der Waals surface area contributed by atoms with Gasteiger partial charge in [-0.1, -0.05) is 30.3 Å². The number of nitrogens with one attached hydrogen (secondary N) is 1. The molecular formula is C18H21F2N. The molecule has 0 radical (unpaired) electrons. The molecule has 0 saturated carbocycles. The maximum absolute atomic E-state index is 13.3. The Hall–Kier alpha value is -1.74. The molecular weight excluding hydrogens is 268 g/mol. The van der Waals surface area contributed by atoms with Crippen molar-refractivity contribution >= 4 is 0 Å². The van der Waals surface area contributed by atoms with Crippen LogP contribution in [-0.2, 0) is 6.42 Å². The van der Waals surface area contributed by atoms with Gasteiger partial charge in [0.2, 0.25) is 0 Å². The number of hydrogen-bond acceptors (Lipinski definition) is 1. The molecule has 0 spiro atoms. The van der Waals surface area contributed by atoms with E-state index in [0.29, 0.717) is 0 Å². The first-order chi connectivity index (χ1) is 9.97. The number of benzene rings is 2. The highest BCUT2D eigenvalue weighted by Crippen LogP contribution is 2.18. The summed E-state index contributed by atoms with van der Waals surface area (Å²) in [6.07, 6.45) is 0.903. The Kier molecular flexibility index (Phi) is 5.07. The summed E-state index contributed by atoms with van der Waals surface area (Å²) in [6.45, 7) is 6.16. The SMILES string of the molecule is Cc1ccccc1CC(C)NC(C)c1ccc(F)c(F)c1. The molecule has 0 aromatic heterocycles. The van der Waals surface area contributed by atoms with Crippen molar-refractivity contribution in [1.29, 1.82) is 0 Å². The van der Waals surface area contributed by atoms with E-state index < -0.39 is 11.6 Å². The lowest BCUT2D eigenvalue weighted by Gasteiger charge is -2.21. The summed E-state index contributed by atoms with van der Waals surface area (Å²) < 4.78 is 26.2. The molecule has 2 unspecified atom stereocenters. The van der Waals surface area contributed by atoms with E-state index in [1.54, 1.807) is 6.07 Å². The van der Waals surface area contributed by atoms with Crippen LogP contribution < -0.4 is 5.32 Å². The fraction of sp³-hybridized carbons (Fsp3) is 0.333. The van der Waals surface area contributed by atoms with Crippen LogP contribution in [0.25, 0.3) is 0 Å². The Morgan fingerprint density at radius 1 is 1.00 bits per heavy atom. The molecule has 0 fully saturated rings. The molecule has 0 saturated heterocycles. The van der Waals surface area contributed by atoms with Crippen LogP contribution in [0.15, 0.2) is 42.5 Å². The van der Waals surface area contributed by atoms with Gasteiger partial charge in [0.05, 0.1) is 0 Å². The largest absolute Gasteiger partial charge is 0.307 e. The van der Waals surface area contributed by atoms with Gasteiger partial charge in [0.1, 0.15) is 0 Å². The van der Waals surface area contributed by atoms with Crippen molar-refractivity contribution in [2.24, 2.45) is 0 Å². The van der Waals surface area contributed by atoms with Crippen LogP contribution in [0, 0.1) is 18.6 Å². The quantitative estimate of drug-likeness (QED) is 0.851. The maximum atomic E-state index is 13.3. The molecule has 0 bridgehead atoms. The standard InChI is InChI=1S/C18H21F2N/c1-12-6-4-5-7-15(12)10-13(2)21-14(3)16-8-9-17(19)18(20)11-16/h4-9,11,13-14,21H,10H2,1-3H3. The van der Waals surface area contributed by atoms with Crippen molar-refractivity contribution in [3.63, 3.8) is 0 Å². The number of hydrogen-bond donors (Lipinski definition) is 1. The van der Waals surface area contributed by atoms with E-state index in [9.17, 15) is 8.78 Å². The average molecular weight is 289 g/mol.